The first-order valence-electron chi connectivity index (χ1n) is 8.40. The fourth-order valence-electron chi connectivity index (χ4n) is 3.40. The van der Waals surface area contributed by atoms with Crippen molar-refractivity contribution in [1.82, 2.24) is 9.88 Å². The Hall–Kier alpha value is -2.09. The van der Waals surface area contributed by atoms with E-state index in [4.69, 9.17) is 4.98 Å². The average Bonchev–Trinajstić information content (AvgIpc) is 2.48. The van der Waals surface area contributed by atoms with Crippen molar-refractivity contribution in [1.29, 1.82) is 0 Å². The maximum atomic E-state index is 4.93. The molecular weight excluding hydrogens is 280 g/mol. The lowest BCUT2D eigenvalue weighted by Gasteiger charge is -2.39. The van der Waals surface area contributed by atoms with Gasteiger partial charge in [-0.1, -0.05) is 38.1 Å². The maximum Gasteiger partial charge on any atom is 0.0827 e. The summed E-state index contributed by atoms with van der Waals surface area (Å²) >= 11 is 0. The van der Waals surface area contributed by atoms with Gasteiger partial charge < -0.3 is 4.90 Å². The van der Waals surface area contributed by atoms with Gasteiger partial charge in [0.05, 0.1) is 10.9 Å². The summed E-state index contributed by atoms with van der Waals surface area (Å²) in [6.07, 6.45) is 5.56. The van der Waals surface area contributed by atoms with Crippen LogP contribution in [0.1, 0.15) is 37.6 Å². The highest BCUT2D eigenvalue weighted by atomic mass is 15.2. The van der Waals surface area contributed by atoms with Gasteiger partial charge in [-0.25, -0.2) is 0 Å². The van der Waals surface area contributed by atoms with Crippen molar-refractivity contribution in [3.63, 3.8) is 0 Å². The molecule has 0 fully saturated rings. The second kappa shape index (κ2) is 5.84. The van der Waals surface area contributed by atoms with Crippen LogP contribution in [0.15, 0.2) is 36.4 Å². The molecule has 2 aromatic rings. The molecule has 0 bridgehead atoms. The van der Waals surface area contributed by atoms with Crippen LogP contribution in [0.25, 0.3) is 12.3 Å². The number of rotatable bonds is 3. The van der Waals surface area contributed by atoms with E-state index in [9.17, 15) is 0 Å². The largest absolute Gasteiger partial charge is 0.367 e. The highest BCUT2D eigenvalue weighted by molar-refractivity contribution is 5.52. The summed E-state index contributed by atoms with van der Waals surface area (Å²) in [5.74, 6) is 0.624. The van der Waals surface area contributed by atoms with Crippen LogP contribution in [0.5, 0.6) is 0 Å². The SMILES string of the molecule is Cc1ccccc1C1(C)C=c2nc(CC(C)C)ccc2=CN1C. The third kappa shape index (κ3) is 2.90. The normalized spacial score (nSPS) is 20.0. The van der Waals surface area contributed by atoms with Gasteiger partial charge in [0.2, 0.25) is 0 Å². The van der Waals surface area contributed by atoms with Gasteiger partial charge >= 0.3 is 0 Å². The van der Waals surface area contributed by atoms with E-state index in [0.29, 0.717) is 5.92 Å². The van der Waals surface area contributed by atoms with Crippen molar-refractivity contribution in [2.75, 3.05) is 7.05 Å². The first-order valence-corrected chi connectivity index (χ1v) is 8.40. The Kier molecular flexibility index (Phi) is 4.01. The molecule has 0 aliphatic carbocycles. The highest BCUT2D eigenvalue weighted by Crippen LogP contribution is 2.32. The van der Waals surface area contributed by atoms with Gasteiger partial charge in [0, 0.05) is 24.2 Å². The third-order valence-corrected chi connectivity index (χ3v) is 4.81. The summed E-state index contributed by atoms with van der Waals surface area (Å²) < 4.78 is 0. The molecule has 0 saturated carbocycles. The molecule has 1 atom stereocenters. The Labute approximate surface area is 139 Å². The highest BCUT2D eigenvalue weighted by Gasteiger charge is 2.30. The van der Waals surface area contributed by atoms with Crippen LogP contribution in [-0.4, -0.2) is 16.9 Å². The minimum Gasteiger partial charge on any atom is -0.367 e. The lowest BCUT2D eigenvalue weighted by atomic mass is 9.85. The van der Waals surface area contributed by atoms with E-state index in [0.717, 1.165) is 11.8 Å². The summed E-state index contributed by atoms with van der Waals surface area (Å²) in [6, 6.07) is 13.0. The second-order valence-electron chi connectivity index (χ2n) is 7.22. The van der Waals surface area contributed by atoms with Crippen LogP contribution in [0.4, 0.5) is 0 Å². The lowest BCUT2D eigenvalue weighted by Crippen LogP contribution is -2.47. The van der Waals surface area contributed by atoms with Crippen molar-refractivity contribution >= 4 is 12.3 Å². The number of aromatic nitrogens is 1. The number of hydrogen-bond acceptors (Lipinski definition) is 2. The number of pyridine rings is 1. The van der Waals surface area contributed by atoms with E-state index >= 15 is 0 Å². The molecule has 1 aromatic carbocycles. The third-order valence-electron chi connectivity index (χ3n) is 4.81. The molecule has 0 N–H and O–H groups in total. The minimum atomic E-state index is -0.165. The van der Waals surface area contributed by atoms with Gasteiger partial charge in [-0.15, -0.1) is 0 Å². The van der Waals surface area contributed by atoms with Gasteiger partial charge in [0.1, 0.15) is 0 Å². The Balaban J connectivity index is 2.16. The van der Waals surface area contributed by atoms with Crippen LogP contribution in [0.3, 0.4) is 0 Å². The Morgan fingerprint density at radius 3 is 2.57 bits per heavy atom. The number of aryl methyl sites for hydroxylation is 1. The molecule has 0 radical (unpaired) electrons. The zero-order chi connectivity index (χ0) is 16.6. The van der Waals surface area contributed by atoms with Crippen LogP contribution in [0.2, 0.25) is 0 Å². The molecule has 2 heterocycles. The molecule has 1 aliphatic rings. The Bertz CT molecular complexity index is 835. The number of hydrogen-bond donors (Lipinski definition) is 0. The number of nitrogens with zero attached hydrogens (tertiary/aromatic N) is 2. The van der Waals surface area contributed by atoms with Gasteiger partial charge in [-0.2, -0.15) is 0 Å². The standard InChI is InChI=1S/C21H26N2/c1-15(2)12-18-11-10-17-14-23(5)21(4,13-20(17)22-18)19-9-7-6-8-16(19)3/h6-11,13-15H,12H2,1-5H3. The first-order chi connectivity index (χ1) is 10.9. The van der Waals surface area contributed by atoms with E-state index in [1.807, 2.05) is 0 Å². The van der Waals surface area contributed by atoms with Gasteiger partial charge in [-0.3, -0.25) is 4.98 Å². The van der Waals surface area contributed by atoms with Gasteiger partial charge in [0.25, 0.3) is 0 Å². The molecule has 1 unspecified atom stereocenters. The van der Waals surface area contributed by atoms with E-state index in [2.05, 4.69) is 88.3 Å². The Morgan fingerprint density at radius 1 is 1.13 bits per heavy atom. The van der Waals surface area contributed by atoms with Crippen LogP contribution < -0.4 is 10.6 Å². The quantitative estimate of drug-likeness (QED) is 0.867. The summed E-state index contributed by atoms with van der Waals surface area (Å²) in [5.41, 5.74) is 3.66. The number of benzene rings is 1. The zero-order valence-electron chi connectivity index (χ0n) is 14.8. The first kappa shape index (κ1) is 15.8. The van der Waals surface area contributed by atoms with Crippen molar-refractivity contribution in [2.24, 2.45) is 5.92 Å². The molecule has 2 nitrogen and oxygen atoms in total. The fraction of sp³-hybridized carbons (Fsp3) is 0.381. The predicted molar refractivity (Wildman–Crippen MR) is 97.3 cm³/mol. The predicted octanol–water partition coefficient (Wildman–Crippen LogP) is 2.97. The van der Waals surface area contributed by atoms with Crippen LogP contribution >= 0.6 is 0 Å². The second-order valence-corrected chi connectivity index (χ2v) is 7.22. The van der Waals surface area contributed by atoms with E-state index in [-0.39, 0.29) is 5.54 Å². The molecule has 3 rings (SSSR count). The van der Waals surface area contributed by atoms with E-state index in [1.165, 1.54) is 22.0 Å². The molecule has 1 aromatic heterocycles. The van der Waals surface area contributed by atoms with Crippen molar-refractivity contribution in [2.45, 2.75) is 39.7 Å². The topological polar surface area (TPSA) is 16.1 Å². The molecule has 0 saturated heterocycles. The molecule has 23 heavy (non-hydrogen) atoms. The monoisotopic (exact) mass is 306 g/mol. The molecule has 1 aliphatic heterocycles. The van der Waals surface area contributed by atoms with Crippen molar-refractivity contribution < 1.29 is 0 Å². The lowest BCUT2D eigenvalue weighted by molar-refractivity contribution is 0.308. The van der Waals surface area contributed by atoms with Crippen LogP contribution in [-0.2, 0) is 12.0 Å². The Morgan fingerprint density at radius 2 is 1.87 bits per heavy atom. The smallest absolute Gasteiger partial charge is 0.0827 e. The molecule has 0 amide bonds. The fourth-order valence-corrected chi connectivity index (χ4v) is 3.40. The summed E-state index contributed by atoms with van der Waals surface area (Å²) in [7, 11) is 2.15. The van der Waals surface area contributed by atoms with Gasteiger partial charge in [0.15, 0.2) is 0 Å². The van der Waals surface area contributed by atoms with E-state index in [1.54, 1.807) is 0 Å². The van der Waals surface area contributed by atoms with Gasteiger partial charge in [-0.05, 0) is 55.5 Å². The van der Waals surface area contributed by atoms with Crippen molar-refractivity contribution in [3.8, 4) is 0 Å². The summed E-state index contributed by atoms with van der Waals surface area (Å²) in [6.45, 7) is 8.93. The average molecular weight is 306 g/mol. The molecule has 0 spiro atoms. The summed E-state index contributed by atoms with van der Waals surface area (Å²) in [4.78, 5) is 7.22. The van der Waals surface area contributed by atoms with E-state index < -0.39 is 0 Å². The summed E-state index contributed by atoms with van der Waals surface area (Å²) in [5, 5.41) is 2.30. The minimum absolute atomic E-state index is 0.165. The molecule has 120 valence electrons. The molecular formula is C21H26N2. The maximum absolute atomic E-state index is 4.93. The number of fused-ring (bicyclic) bond motifs is 1. The van der Waals surface area contributed by atoms with Crippen molar-refractivity contribution in [3.05, 3.63) is 63.8 Å². The molecule has 2 heteroatoms. The zero-order valence-corrected chi connectivity index (χ0v) is 14.8. The van der Waals surface area contributed by atoms with Crippen LogP contribution in [0, 0.1) is 12.8 Å².